The van der Waals surface area contributed by atoms with Gasteiger partial charge in [0.05, 0.1) is 11.6 Å². The minimum atomic E-state index is -1.00. The first-order valence-electron chi connectivity index (χ1n) is 5.82. The summed E-state index contributed by atoms with van der Waals surface area (Å²) in [6.07, 6.45) is 0. The van der Waals surface area contributed by atoms with Crippen LogP contribution in [0.15, 0.2) is 36.4 Å². The first kappa shape index (κ1) is 14.2. The standard InChI is InChI=1S/C14H13NO4S/c1-19-8-9-2-4-10(5-3-9)13(16)15-12-7-6-11(20-12)14(17)18/h2-7H,8H2,1H3,(H,15,16)(H,17,18). The molecule has 0 aliphatic carbocycles. The second-order valence-electron chi connectivity index (χ2n) is 4.05. The van der Waals surface area contributed by atoms with Crippen LogP contribution in [0.4, 0.5) is 5.00 Å². The number of thiophene rings is 1. The van der Waals surface area contributed by atoms with Gasteiger partial charge in [0.1, 0.15) is 4.88 Å². The van der Waals surface area contributed by atoms with Crippen LogP contribution in [0.5, 0.6) is 0 Å². The Bertz CT molecular complexity index is 618. The third-order valence-electron chi connectivity index (χ3n) is 2.58. The number of carboxylic acids is 1. The maximum atomic E-state index is 12.0. The summed E-state index contributed by atoms with van der Waals surface area (Å²) in [7, 11) is 1.61. The second kappa shape index (κ2) is 6.31. The Kier molecular flexibility index (Phi) is 4.49. The van der Waals surface area contributed by atoms with Crippen LogP contribution in [0, 0.1) is 0 Å². The minimum Gasteiger partial charge on any atom is -0.477 e. The molecule has 0 saturated carbocycles. The maximum absolute atomic E-state index is 12.0. The number of carbonyl (C=O) groups is 2. The Balaban J connectivity index is 2.05. The van der Waals surface area contributed by atoms with Crippen molar-refractivity contribution in [3.63, 3.8) is 0 Å². The molecule has 0 aliphatic heterocycles. The van der Waals surface area contributed by atoms with Gasteiger partial charge in [-0.15, -0.1) is 11.3 Å². The van der Waals surface area contributed by atoms with E-state index in [4.69, 9.17) is 9.84 Å². The average Bonchev–Trinajstić information content (AvgIpc) is 2.88. The molecule has 0 fully saturated rings. The first-order chi connectivity index (χ1) is 9.60. The van der Waals surface area contributed by atoms with Crippen molar-refractivity contribution < 1.29 is 19.4 Å². The number of benzene rings is 1. The number of rotatable bonds is 5. The predicted octanol–water partition coefficient (Wildman–Crippen LogP) is 2.85. The molecular weight excluding hydrogens is 278 g/mol. The normalized spacial score (nSPS) is 10.2. The summed E-state index contributed by atoms with van der Waals surface area (Å²) in [6, 6.07) is 10.1. The molecule has 0 radical (unpaired) electrons. The highest BCUT2D eigenvalue weighted by atomic mass is 32.1. The summed E-state index contributed by atoms with van der Waals surface area (Å²) in [5.41, 5.74) is 1.49. The lowest BCUT2D eigenvalue weighted by Gasteiger charge is -2.04. The lowest BCUT2D eigenvalue weighted by molar-refractivity contribution is 0.0702. The summed E-state index contributed by atoms with van der Waals surface area (Å²) < 4.78 is 4.99. The van der Waals surface area contributed by atoms with Gasteiger partial charge in [0.2, 0.25) is 0 Å². The van der Waals surface area contributed by atoms with Gasteiger partial charge in [0, 0.05) is 12.7 Å². The number of methoxy groups -OCH3 is 1. The minimum absolute atomic E-state index is 0.191. The van der Waals surface area contributed by atoms with Gasteiger partial charge in [-0.1, -0.05) is 12.1 Å². The number of carbonyl (C=O) groups excluding carboxylic acids is 1. The van der Waals surface area contributed by atoms with Gasteiger partial charge in [-0.3, -0.25) is 4.79 Å². The highest BCUT2D eigenvalue weighted by Gasteiger charge is 2.10. The van der Waals surface area contributed by atoms with Gasteiger partial charge in [-0.2, -0.15) is 0 Å². The Hall–Kier alpha value is -2.18. The van der Waals surface area contributed by atoms with E-state index in [1.807, 2.05) is 12.1 Å². The molecule has 0 atom stereocenters. The van der Waals surface area contributed by atoms with E-state index in [1.165, 1.54) is 6.07 Å². The molecule has 0 saturated heterocycles. The van der Waals surface area contributed by atoms with Crippen LogP contribution in [0.3, 0.4) is 0 Å². The molecule has 5 nitrogen and oxygen atoms in total. The number of carboxylic acid groups (broad SMARTS) is 1. The van der Waals surface area contributed by atoms with Crippen LogP contribution in [0.1, 0.15) is 25.6 Å². The number of hydrogen-bond acceptors (Lipinski definition) is 4. The Morgan fingerprint density at radius 3 is 2.45 bits per heavy atom. The Morgan fingerprint density at radius 2 is 1.90 bits per heavy atom. The van der Waals surface area contributed by atoms with Crippen molar-refractivity contribution in [2.75, 3.05) is 12.4 Å². The fourth-order valence-corrected chi connectivity index (χ4v) is 2.36. The lowest BCUT2D eigenvalue weighted by Crippen LogP contribution is -2.10. The molecule has 1 amide bonds. The van der Waals surface area contributed by atoms with Crippen LogP contribution in [0.25, 0.3) is 0 Å². The van der Waals surface area contributed by atoms with Crippen LogP contribution < -0.4 is 5.32 Å². The molecule has 6 heteroatoms. The van der Waals surface area contributed by atoms with E-state index < -0.39 is 5.97 Å². The predicted molar refractivity (Wildman–Crippen MR) is 76.4 cm³/mol. The molecule has 2 rings (SSSR count). The number of ether oxygens (including phenoxy) is 1. The largest absolute Gasteiger partial charge is 0.477 e. The van der Waals surface area contributed by atoms with Crippen LogP contribution in [-0.4, -0.2) is 24.1 Å². The van der Waals surface area contributed by atoms with E-state index in [2.05, 4.69) is 5.32 Å². The Labute approximate surface area is 119 Å². The van der Waals surface area contributed by atoms with Crippen molar-refractivity contribution >= 4 is 28.2 Å². The van der Waals surface area contributed by atoms with Crippen LogP contribution >= 0.6 is 11.3 Å². The van der Waals surface area contributed by atoms with Gasteiger partial charge >= 0.3 is 5.97 Å². The number of nitrogens with one attached hydrogen (secondary N) is 1. The van der Waals surface area contributed by atoms with E-state index in [1.54, 1.807) is 25.3 Å². The van der Waals surface area contributed by atoms with Crippen molar-refractivity contribution in [3.8, 4) is 0 Å². The van der Waals surface area contributed by atoms with Crippen molar-refractivity contribution in [1.29, 1.82) is 0 Å². The molecule has 0 spiro atoms. The van der Waals surface area contributed by atoms with E-state index in [0.29, 0.717) is 17.2 Å². The Morgan fingerprint density at radius 1 is 1.20 bits per heavy atom. The summed E-state index contributed by atoms with van der Waals surface area (Å²) >= 11 is 1.02. The van der Waals surface area contributed by atoms with Crippen LogP contribution in [0.2, 0.25) is 0 Å². The molecule has 104 valence electrons. The van der Waals surface area contributed by atoms with Crippen molar-refractivity contribution in [3.05, 3.63) is 52.4 Å². The van der Waals surface area contributed by atoms with Gasteiger partial charge in [0.15, 0.2) is 0 Å². The molecule has 20 heavy (non-hydrogen) atoms. The molecular formula is C14H13NO4S. The SMILES string of the molecule is COCc1ccc(C(=O)Nc2ccc(C(=O)O)s2)cc1. The van der Waals surface area contributed by atoms with E-state index in [0.717, 1.165) is 16.9 Å². The van der Waals surface area contributed by atoms with E-state index in [-0.39, 0.29) is 10.8 Å². The molecule has 0 aliphatic rings. The van der Waals surface area contributed by atoms with Gasteiger partial charge in [0.25, 0.3) is 5.91 Å². The van der Waals surface area contributed by atoms with Gasteiger partial charge in [-0.05, 0) is 29.8 Å². The van der Waals surface area contributed by atoms with E-state index in [9.17, 15) is 9.59 Å². The second-order valence-corrected chi connectivity index (χ2v) is 5.14. The topological polar surface area (TPSA) is 75.6 Å². The van der Waals surface area contributed by atoms with Crippen molar-refractivity contribution in [2.24, 2.45) is 0 Å². The number of anilines is 1. The van der Waals surface area contributed by atoms with E-state index >= 15 is 0 Å². The zero-order valence-electron chi connectivity index (χ0n) is 10.8. The highest BCUT2D eigenvalue weighted by molar-refractivity contribution is 7.18. The fraction of sp³-hybridized carbons (Fsp3) is 0.143. The summed E-state index contributed by atoms with van der Waals surface area (Å²) in [5.74, 6) is -1.27. The smallest absolute Gasteiger partial charge is 0.345 e. The third kappa shape index (κ3) is 3.43. The summed E-state index contributed by atoms with van der Waals surface area (Å²) in [4.78, 5) is 22.9. The number of hydrogen-bond donors (Lipinski definition) is 2. The zero-order chi connectivity index (χ0) is 14.5. The molecule has 0 unspecified atom stereocenters. The molecule has 0 bridgehead atoms. The summed E-state index contributed by atoms with van der Waals surface area (Å²) in [6.45, 7) is 0.495. The number of amides is 1. The van der Waals surface area contributed by atoms with Crippen molar-refractivity contribution in [2.45, 2.75) is 6.61 Å². The molecule has 1 aromatic carbocycles. The average molecular weight is 291 g/mol. The van der Waals surface area contributed by atoms with Crippen molar-refractivity contribution in [1.82, 2.24) is 0 Å². The molecule has 1 heterocycles. The van der Waals surface area contributed by atoms with Gasteiger partial charge < -0.3 is 15.2 Å². The zero-order valence-corrected chi connectivity index (χ0v) is 11.6. The lowest BCUT2D eigenvalue weighted by atomic mass is 10.1. The third-order valence-corrected chi connectivity index (χ3v) is 3.57. The highest BCUT2D eigenvalue weighted by Crippen LogP contribution is 2.22. The quantitative estimate of drug-likeness (QED) is 0.888. The first-order valence-corrected chi connectivity index (χ1v) is 6.64. The molecule has 1 aromatic heterocycles. The summed E-state index contributed by atoms with van der Waals surface area (Å²) in [5, 5.41) is 12.0. The molecule has 2 N–H and O–H groups in total. The molecule has 2 aromatic rings. The van der Waals surface area contributed by atoms with Crippen LogP contribution in [-0.2, 0) is 11.3 Å². The monoisotopic (exact) mass is 291 g/mol. The van der Waals surface area contributed by atoms with Gasteiger partial charge in [-0.25, -0.2) is 4.79 Å². The maximum Gasteiger partial charge on any atom is 0.345 e. The number of aromatic carboxylic acids is 1. The fourth-order valence-electron chi connectivity index (χ4n) is 1.62.